The Morgan fingerprint density at radius 3 is 2.85 bits per heavy atom. The highest BCUT2D eigenvalue weighted by Gasteiger charge is 2.22. The van der Waals surface area contributed by atoms with E-state index < -0.39 is 0 Å². The Morgan fingerprint density at radius 2 is 2.10 bits per heavy atom. The molecule has 1 aromatic heterocycles. The third-order valence-corrected chi connectivity index (χ3v) is 3.70. The third-order valence-electron chi connectivity index (χ3n) is 3.70. The van der Waals surface area contributed by atoms with E-state index in [1.165, 1.54) is 0 Å². The Labute approximate surface area is 116 Å². The number of rotatable bonds is 3. The molecular weight excluding hydrogens is 256 g/mol. The summed E-state index contributed by atoms with van der Waals surface area (Å²) in [5, 5.41) is 10.8. The van der Waals surface area contributed by atoms with Gasteiger partial charge >= 0.3 is 0 Å². The lowest BCUT2D eigenvalue weighted by Gasteiger charge is -2.29. The van der Waals surface area contributed by atoms with Crippen LogP contribution in [0.3, 0.4) is 0 Å². The molecule has 2 aromatic rings. The molecule has 0 radical (unpaired) electrons. The molecule has 1 fully saturated rings. The van der Waals surface area contributed by atoms with Crippen LogP contribution < -0.4 is 5.32 Å². The predicted octanol–water partition coefficient (Wildman–Crippen LogP) is 0.913. The maximum atomic E-state index is 12.3. The number of aromatic amines is 1. The molecule has 0 aliphatic carbocycles. The zero-order valence-corrected chi connectivity index (χ0v) is 11.0. The smallest absolute Gasteiger partial charge is 0.272 e. The Bertz CT molecular complexity index is 629. The van der Waals surface area contributed by atoms with E-state index in [-0.39, 0.29) is 11.9 Å². The van der Waals surface area contributed by atoms with Gasteiger partial charge in [0.05, 0.1) is 5.52 Å². The van der Waals surface area contributed by atoms with Crippen molar-refractivity contribution < 1.29 is 9.59 Å². The monoisotopic (exact) mass is 272 g/mol. The molecule has 3 rings (SSSR count). The molecule has 20 heavy (non-hydrogen) atoms. The highest BCUT2D eigenvalue weighted by molar-refractivity contribution is 6.04. The topological polar surface area (TPSA) is 78.1 Å². The number of carbonyl (C=O) groups is 2. The van der Waals surface area contributed by atoms with E-state index >= 15 is 0 Å². The molecule has 0 saturated carbocycles. The van der Waals surface area contributed by atoms with Gasteiger partial charge in [-0.1, -0.05) is 18.2 Å². The van der Waals surface area contributed by atoms with E-state index in [0.717, 1.165) is 30.2 Å². The second kappa shape index (κ2) is 5.32. The number of nitrogens with one attached hydrogen (secondary N) is 2. The van der Waals surface area contributed by atoms with Crippen molar-refractivity contribution in [1.29, 1.82) is 0 Å². The number of benzene rings is 1. The van der Waals surface area contributed by atoms with Gasteiger partial charge in [0.15, 0.2) is 5.69 Å². The number of aromatic nitrogens is 2. The second-order valence-corrected chi connectivity index (χ2v) is 5.01. The lowest BCUT2D eigenvalue weighted by molar-refractivity contribution is -0.119. The first kappa shape index (κ1) is 12.7. The Hall–Kier alpha value is -2.37. The summed E-state index contributed by atoms with van der Waals surface area (Å²) < 4.78 is 0. The minimum Gasteiger partial charge on any atom is -0.348 e. The van der Waals surface area contributed by atoms with Crippen molar-refractivity contribution in [3.8, 4) is 0 Å². The maximum absolute atomic E-state index is 12.3. The van der Waals surface area contributed by atoms with Crippen LogP contribution >= 0.6 is 0 Å². The van der Waals surface area contributed by atoms with Gasteiger partial charge in [0.25, 0.3) is 5.91 Å². The molecule has 2 N–H and O–H groups in total. The molecule has 0 atom stereocenters. The fraction of sp³-hybridized carbons (Fsp3) is 0.357. The van der Waals surface area contributed by atoms with Crippen LogP contribution in [-0.2, 0) is 4.79 Å². The number of nitrogens with zero attached hydrogens (tertiary/aromatic N) is 2. The number of hydrogen-bond acceptors (Lipinski definition) is 3. The van der Waals surface area contributed by atoms with Crippen LogP contribution in [-0.4, -0.2) is 46.5 Å². The van der Waals surface area contributed by atoms with Crippen molar-refractivity contribution in [2.45, 2.75) is 18.9 Å². The molecule has 0 unspecified atom stereocenters. The van der Waals surface area contributed by atoms with Gasteiger partial charge < -0.3 is 10.2 Å². The molecule has 104 valence electrons. The van der Waals surface area contributed by atoms with Crippen molar-refractivity contribution in [2.75, 3.05) is 13.1 Å². The summed E-state index contributed by atoms with van der Waals surface area (Å²) in [6.45, 7) is 1.38. The average molecular weight is 272 g/mol. The normalized spacial score (nSPS) is 16.3. The lowest BCUT2D eigenvalue weighted by atomic mass is 10.1. The summed E-state index contributed by atoms with van der Waals surface area (Å²) in [6, 6.07) is 7.66. The van der Waals surface area contributed by atoms with Gasteiger partial charge in [-0.2, -0.15) is 5.10 Å². The SMILES string of the molecule is O=CN1CCC(NC(=O)c2n[nH]c3ccccc23)CC1. The minimum absolute atomic E-state index is 0.106. The van der Waals surface area contributed by atoms with E-state index in [4.69, 9.17) is 0 Å². The van der Waals surface area contributed by atoms with Gasteiger partial charge in [0, 0.05) is 24.5 Å². The molecule has 2 heterocycles. The van der Waals surface area contributed by atoms with Crippen molar-refractivity contribution >= 4 is 23.2 Å². The Kier molecular flexibility index (Phi) is 3.37. The first-order valence-corrected chi connectivity index (χ1v) is 6.71. The third kappa shape index (κ3) is 2.36. The standard InChI is InChI=1S/C14H16N4O2/c19-9-18-7-5-10(6-8-18)15-14(20)13-11-3-1-2-4-12(11)16-17-13/h1-4,9-10H,5-8H2,(H,15,20)(H,16,17). The molecule has 1 aliphatic heterocycles. The second-order valence-electron chi connectivity index (χ2n) is 5.01. The van der Waals surface area contributed by atoms with Crippen molar-refractivity contribution in [3.63, 3.8) is 0 Å². The van der Waals surface area contributed by atoms with Gasteiger partial charge in [0.2, 0.25) is 6.41 Å². The number of piperidine rings is 1. The Morgan fingerprint density at radius 1 is 1.35 bits per heavy atom. The maximum Gasteiger partial charge on any atom is 0.272 e. The summed E-state index contributed by atoms with van der Waals surface area (Å²) in [5.74, 6) is -0.160. The van der Waals surface area contributed by atoms with Crippen LogP contribution in [0.5, 0.6) is 0 Å². The molecule has 1 aliphatic rings. The molecule has 0 bridgehead atoms. The fourth-order valence-electron chi connectivity index (χ4n) is 2.54. The zero-order chi connectivity index (χ0) is 13.9. The van der Waals surface area contributed by atoms with E-state index in [9.17, 15) is 9.59 Å². The fourth-order valence-corrected chi connectivity index (χ4v) is 2.54. The first-order chi connectivity index (χ1) is 9.78. The van der Waals surface area contributed by atoms with Crippen LogP contribution in [0.15, 0.2) is 24.3 Å². The van der Waals surface area contributed by atoms with Gasteiger partial charge in [-0.25, -0.2) is 0 Å². The lowest BCUT2D eigenvalue weighted by Crippen LogP contribution is -2.44. The van der Waals surface area contributed by atoms with E-state index in [1.54, 1.807) is 4.90 Å². The summed E-state index contributed by atoms with van der Waals surface area (Å²) in [7, 11) is 0. The summed E-state index contributed by atoms with van der Waals surface area (Å²) in [4.78, 5) is 24.6. The number of carbonyl (C=O) groups excluding carboxylic acids is 2. The Balaban J connectivity index is 1.69. The minimum atomic E-state index is -0.160. The van der Waals surface area contributed by atoms with Gasteiger partial charge in [-0.15, -0.1) is 0 Å². The molecule has 6 heteroatoms. The average Bonchev–Trinajstić information content (AvgIpc) is 2.92. The van der Waals surface area contributed by atoms with Gasteiger partial charge in [-0.3, -0.25) is 14.7 Å². The summed E-state index contributed by atoms with van der Waals surface area (Å²) in [5.41, 5.74) is 1.28. The van der Waals surface area contributed by atoms with Crippen LogP contribution in [0.1, 0.15) is 23.3 Å². The number of amides is 2. The highest BCUT2D eigenvalue weighted by Crippen LogP contribution is 2.16. The van der Waals surface area contributed by atoms with E-state index in [2.05, 4.69) is 15.5 Å². The summed E-state index contributed by atoms with van der Waals surface area (Å²) in [6.07, 6.45) is 2.43. The highest BCUT2D eigenvalue weighted by atomic mass is 16.2. The van der Waals surface area contributed by atoms with Crippen LogP contribution in [0, 0.1) is 0 Å². The number of hydrogen-bond donors (Lipinski definition) is 2. The quantitative estimate of drug-likeness (QED) is 0.815. The number of likely N-dealkylation sites (tertiary alicyclic amines) is 1. The number of H-pyrrole nitrogens is 1. The number of fused-ring (bicyclic) bond motifs is 1. The van der Waals surface area contributed by atoms with Gasteiger partial charge in [0.1, 0.15) is 0 Å². The van der Waals surface area contributed by atoms with Crippen LogP contribution in [0.2, 0.25) is 0 Å². The predicted molar refractivity (Wildman–Crippen MR) is 74.2 cm³/mol. The van der Waals surface area contributed by atoms with Gasteiger partial charge in [-0.05, 0) is 18.9 Å². The molecule has 1 saturated heterocycles. The molecule has 2 amide bonds. The first-order valence-electron chi connectivity index (χ1n) is 6.71. The summed E-state index contributed by atoms with van der Waals surface area (Å²) >= 11 is 0. The molecule has 1 aromatic carbocycles. The molecule has 6 nitrogen and oxygen atoms in total. The van der Waals surface area contributed by atoms with Crippen molar-refractivity contribution in [3.05, 3.63) is 30.0 Å². The van der Waals surface area contributed by atoms with Crippen molar-refractivity contribution in [1.82, 2.24) is 20.4 Å². The van der Waals surface area contributed by atoms with E-state index in [0.29, 0.717) is 18.8 Å². The van der Waals surface area contributed by atoms with Crippen molar-refractivity contribution in [2.24, 2.45) is 0 Å². The molecular formula is C14H16N4O2. The zero-order valence-electron chi connectivity index (χ0n) is 11.0. The van der Waals surface area contributed by atoms with E-state index in [1.807, 2.05) is 24.3 Å². The van der Waals surface area contributed by atoms with Crippen LogP contribution in [0.25, 0.3) is 10.9 Å². The van der Waals surface area contributed by atoms with Crippen LogP contribution in [0.4, 0.5) is 0 Å². The number of para-hydroxylation sites is 1. The largest absolute Gasteiger partial charge is 0.348 e. The molecule has 0 spiro atoms.